The number of para-hydroxylation sites is 2. The molecule has 12 rings (SSSR count). The van der Waals surface area contributed by atoms with Gasteiger partial charge in [-0.2, -0.15) is 0 Å². The highest BCUT2D eigenvalue weighted by Gasteiger charge is 2.25. The van der Waals surface area contributed by atoms with Gasteiger partial charge in [-0.25, -0.2) is 0 Å². The van der Waals surface area contributed by atoms with Crippen molar-refractivity contribution >= 4 is 66.1 Å². The molecule has 1 aliphatic rings. The van der Waals surface area contributed by atoms with Gasteiger partial charge >= 0.3 is 0 Å². The van der Waals surface area contributed by atoms with Crippen LogP contribution in [0, 0.1) is 0 Å². The van der Waals surface area contributed by atoms with Crippen LogP contribution in [-0.4, -0.2) is 9.13 Å². The van der Waals surface area contributed by atoms with Crippen molar-refractivity contribution in [3.8, 4) is 44.8 Å². The fourth-order valence-corrected chi connectivity index (χ4v) is 10.3. The summed E-state index contributed by atoms with van der Waals surface area (Å²) in [7, 11) is 0. The van der Waals surface area contributed by atoms with Gasteiger partial charge in [0.15, 0.2) is 0 Å². The number of rotatable bonds is 4. The van der Waals surface area contributed by atoms with E-state index in [2.05, 4.69) is 203 Å². The Morgan fingerprint density at radius 2 is 0.927 bits per heavy atom. The van der Waals surface area contributed by atoms with E-state index >= 15 is 0 Å². The lowest BCUT2D eigenvalue weighted by Gasteiger charge is -2.21. The number of aromatic nitrogens is 2. The largest absolute Gasteiger partial charge is 0.309 e. The Hall–Kier alpha value is -6.81. The van der Waals surface area contributed by atoms with Crippen molar-refractivity contribution in [2.45, 2.75) is 9.79 Å². The smallest absolute Gasteiger partial charge is 0.0553 e. The van der Waals surface area contributed by atoms with Crippen LogP contribution in [0.5, 0.6) is 0 Å². The van der Waals surface area contributed by atoms with Gasteiger partial charge in [0.05, 0.1) is 22.1 Å². The van der Waals surface area contributed by atoms with E-state index in [0.29, 0.717) is 0 Å². The third kappa shape index (κ3) is 4.51. The minimum Gasteiger partial charge on any atom is -0.309 e. The van der Waals surface area contributed by atoms with Crippen molar-refractivity contribution in [3.05, 3.63) is 194 Å². The van der Waals surface area contributed by atoms with Crippen molar-refractivity contribution in [2.75, 3.05) is 0 Å². The highest BCUT2D eigenvalue weighted by atomic mass is 32.2. The van der Waals surface area contributed by atoms with Crippen molar-refractivity contribution in [1.29, 1.82) is 0 Å². The summed E-state index contributed by atoms with van der Waals surface area (Å²) in [6, 6.07) is 71.4. The van der Waals surface area contributed by atoms with Crippen molar-refractivity contribution in [1.82, 2.24) is 9.13 Å². The van der Waals surface area contributed by atoms with Gasteiger partial charge in [-0.3, -0.25) is 0 Å². The number of nitrogens with zero attached hydrogens (tertiary/aromatic N) is 2. The number of fused-ring (bicyclic) bond motifs is 9. The summed E-state index contributed by atoms with van der Waals surface area (Å²) in [5.41, 5.74) is 14.6. The van der Waals surface area contributed by atoms with Crippen LogP contribution in [0.15, 0.2) is 204 Å². The van der Waals surface area contributed by atoms with E-state index in [1.807, 2.05) is 11.8 Å². The van der Waals surface area contributed by atoms with Gasteiger partial charge in [-0.05, 0) is 105 Å². The Labute approximate surface area is 322 Å². The molecule has 2 nitrogen and oxygen atoms in total. The predicted molar refractivity (Wildman–Crippen MR) is 233 cm³/mol. The molecule has 0 bridgehead atoms. The fraction of sp³-hybridized carbons (Fsp3) is 0. The molecular formula is C52H32N2S. The van der Waals surface area contributed by atoms with E-state index in [0.717, 1.165) is 5.69 Å². The van der Waals surface area contributed by atoms with Gasteiger partial charge in [0.25, 0.3) is 0 Å². The fourth-order valence-electron chi connectivity index (χ4n) is 9.17. The van der Waals surface area contributed by atoms with Gasteiger partial charge in [0, 0.05) is 48.1 Å². The number of hydrogen-bond donors (Lipinski definition) is 0. The van der Waals surface area contributed by atoms with Gasteiger partial charge in [0.2, 0.25) is 0 Å². The monoisotopic (exact) mass is 716 g/mol. The second kappa shape index (κ2) is 11.8. The first-order chi connectivity index (χ1) is 27.3. The predicted octanol–water partition coefficient (Wildman–Crippen LogP) is 14.5. The zero-order valence-corrected chi connectivity index (χ0v) is 30.6. The molecule has 0 saturated heterocycles. The number of hydrogen-bond acceptors (Lipinski definition) is 1. The number of benzene rings is 9. The lowest BCUT2D eigenvalue weighted by Crippen LogP contribution is -1.97. The van der Waals surface area contributed by atoms with Crippen LogP contribution in [-0.2, 0) is 0 Å². The Kier molecular flexibility index (Phi) is 6.60. The van der Waals surface area contributed by atoms with E-state index in [9.17, 15) is 0 Å². The first-order valence-corrected chi connectivity index (χ1v) is 19.7. The zero-order valence-electron chi connectivity index (χ0n) is 29.8. The molecule has 1 aliphatic heterocycles. The topological polar surface area (TPSA) is 9.86 Å². The third-order valence-electron chi connectivity index (χ3n) is 11.5. The van der Waals surface area contributed by atoms with E-state index in [1.165, 1.54) is 103 Å². The molecule has 256 valence electrons. The van der Waals surface area contributed by atoms with E-state index in [-0.39, 0.29) is 0 Å². The first-order valence-electron chi connectivity index (χ1n) is 18.9. The molecule has 0 aliphatic carbocycles. The molecule has 0 saturated carbocycles. The van der Waals surface area contributed by atoms with Crippen LogP contribution >= 0.6 is 11.8 Å². The normalized spacial score (nSPS) is 12.3. The summed E-state index contributed by atoms with van der Waals surface area (Å²) in [6.45, 7) is 0. The quantitative estimate of drug-likeness (QED) is 0.176. The molecule has 11 aromatic rings. The van der Waals surface area contributed by atoms with Crippen LogP contribution in [0.25, 0.3) is 99.1 Å². The maximum Gasteiger partial charge on any atom is 0.0553 e. The van der Waals surface area contributed by atoms with Gasteiger partial charge in [-0.1, -0.05) is 139 Å². The average molecular weight is 717 g/mol. The van der Waals surface area contributed by atoms with E-state index in [4.69, 9.17) is 0 Å². The van der Waals surface area contributed by atoms with Crippen LogP contribution in [0.4, 0.5) is 0 Å². The van der Waals surface area contributed by atoms with Crippen LogP contribution < -0.4 is 0 Å². The Balaban J connectivity index is 1.19. The van der Waals surface area contributed by atoms with E-state index < -0.39 is 0 Å². The van der Waals surface area contributed by atoms with E-state index in [1.54, 1.807) is 0 Å². The molecular weight excluding hydrogens is 685 g/mol. The summed E-state index contributed by atoms with van der Waals surface area (Å²) in [6.07, 6.45) is 0. The minimum absolute atomic E-state index is 1.16. The Morgan fingerprint density at radius 3 is 1.84 bits per heavy atom. The molecule has 0 atom stereocenters. The molecule has 9 aromatic carbocycles. The molecule has 0 amide bonds. The summed E-state index contributed by atoms with van der Waals surface area (Å²) in [5, 5.41) is 7.72. The maximum atomic E-state index is 2.50. The Bertz CT molecular complexity index is 3330. The van der Waals surface area contributed by atoms with Crippen molar-refractivity contribution in [3.63, 3.8) is 0 Å². The van der Waals surface area contributed by atoms with Crippen LogP contribution in [0.3, 0.4) is 0 Å². The molecule has 3 heterocycles. The minimum atomic E-state index is 1.16. The molecule has 0 radical (unpaired) electrons. The molecule has 55 heavy (non-hydrogen) atoms. The SMILES string of the molecule is c1ccc(-c2cccc(-n3c4ccc(-c5cccc6c5c5ccccc5n6-c5ccccc5)cc4c4c5cccc6c5c(cc43)-c3ccccc3S6)c2)cc1. The average Bonchev–Trinajstić information content (AvgIpc) is 3.77. The summed E-state index contributed by atoms with van der Waals surface area (Å²) in [4.78, 5) is 2.62. The molecule has 3 heteroatoms. The Morgan fingerprint density at radius 1 is 0.291 bits per heavy atom. The molecule has 2 aromatic heterocycles. The molecule has 0 N–H and O–H groups in total. The second-order valence-corrected chi connectivity index (χ2v) is 15.6. The maximum absolute atomic E-state index is 2.50. The first kappa shape index (κ1) is 30.6. The highest BCUT2D eigenvalue weighted by molar-refractivity contribution is 7.99. The second-order valence-electron chi connectivity index (χ2n) is 14.5. The van der Waals surface area contributed by atoms with Crippen molar-refractivity contribution < 1.29 is 0 Å². The lowest BCUT2D eigenvalue weighted by molar-refractivity contribution is 1.18. The van der Waals surface area contributed by atoms with Gasteiger partial charge in [0.1, 0.15) is 0 Å². The van der Waals surface area contributed by atoms with Crippen LogP contribution in [0.2, 0.25) is 0 Å². The van der Waals surface area contributed by atoms with Crippen molar-refractivity contribution in [2.24, 2.45) is 0 Å². The highest BCUT2D eigenvalue weighted by Crippen LogP contribution is 2.52. The lowest BCUT2D eigenvalue weighted by atomic mass is 9.93. The third-order valence-corrected chi connectivity index (χ3v) is 12.6. The van der Waals surface area contributed by atoms with Crippen LogP contribution in [0.1, 0.15) is 0 Å². The zero-order chi connectivity index (χ0) is 36.0. The summed E-state index contributed by atoms with van der Waals surface area (Å²) >= 11 is 1.89. The standard InChI is InChI=1S/C52H32N2S/c1-3-14-33(15-4-1)34-16-11-19-37(30-34)54-45-29-28-35(38-22-12-25-46-50(38)40-21-7-9-24-44(40)53(46)36-17-5-2-6-18-36)31-43(45)51-41-23-13-27-49-52(41)42(32-47(51)54)39-20-8-10-26-48(39)55-49/h1-32H. The summed E-state index contributed by atoms with van der Waals surface area (Å²) in [5.74, 6) is 0. The molecule has 0 unspecified atom stereocenters. The van der Waals surface area contributed by atoms with Gasteiger partial charge < -0.3 is 9.13 Å². The summed E-state index contributed by atoms with van der Waals surface area (Å²) < 4.78 is 4.90. The van der Waals surface area contributed by atoms with Gasteiger partial charge in [-0.15, -0.1) is 0 Å². The molecule has 0 spiro atoms. The molecule has 0 fully saturated rings.